The van der Waals surface area contributed by atoms with Crippen molar-refractivity contribution in [3.05, 3.63) is 40.4 Å². The van der Waals surface area contributed by atoms with E-state index in [1.165, 1.54) is 6.07 Å². The van der Waals surface area contributed by atoms with Gasteiger partial charge in [0.1, 0.15) is 5.75 Å². The Kier molecular flexibility index (Phi) is 2.58. The summed E-state index contributed by atoms with van der Waals surface area (Å²) in [6, 6.07) is 7.38. The van der Waals surface area contributed by atoms with Gasteiger partial charge in [-0.15, -0.1) is 0 Å². The van der Waals surface area contributed by atoms with Crippen LogP contribution in [0, 0.1) is 0 Å². The summed E-state index contributed by atoms with van der Waals surface area (Å²) in [5.74, 6) is -0.384. The summed E-state index contributed by atoms with van der Waals surface area (Å²) in [4.78, 5) is 0. The molecule has 0 heterocycles. The van der Waals surface area contributed by atoms with Gasteiger partial charge in [0.2, 0.25) is 0 Å². The van der Waals surface area contributed by atoms with Crippen molar-refractivity contribution in [3.63, 3.8) is 0 Å². The number of alkyl halides is 3. The minimum Gasteiger partial charge on any atom is -0.506 e. The van der Waals surface area contributed by atoms with E-state index in [4.69, 9.17) is 0 Å². The lowest BCUT2D eigenvalue weighted by Crippen LogP contribution is -2.06. The molecule has 0 unspecified atom stereocenters. The molecular formula is C11H6BrF3O. The van der Waals surface area contributed by atoms with Gasteiger partial charge >= 0.3 is 6.18 Å². The molecule has 1 nitrogen and oxygen atoms in total. The first-order valence-electron chi connectivity index (χ1n) is 4.38. The van der Waals surface area contributed by atoms with Crippen molar-refractivity contribution >= 4 is 26.7 Å². The highest BCUT2D eigenvalue weighted by Gasteiger charge is 2.34. The van der Waals surface area contributed by atoms with Crippen LogP contribution >= 0.6 is 15.9 Å². The van der Waals surface area contributed by atoms with Gasteiger partial charge in [-0.1, -0.05) is 24.3 Å². The van der Waals surface area contributed by atoms with E-state index < -0.39 is 11.7 Å². The van der Waals surface area contributed by atoms with Crippen molar-refractivity contribution in [3.8, 4) is 5.75 Å². The molecule has 0 amide bonds. The molecule has 0 radical (unpaired) electrons. The largest absolute Gasteiger partial charge is 0.506 e. The van der Waals surface area contributed by atoms with Crippen molar-refractivity contribution < 1.29 is 18.3 Å². The van der Waals surface area contributed by atoms with Crippen LogP contribution in [0.1, 0.15) is 5.56 Å². The summed E-state index contributed by atoms with van der Waals surface area (Å²) in [7, 11) is 0. The average molecular weight is 291 g/mol. The molecule has 0 atom stereocenters. The normalized spacial score (nSPS) is 12.0. The fourth-order valence-corrected chi connectivity index (χ4v) is 2.06. The highest BCUT2D eigenvalue weighted by Crippen LogP contribution is 2.43. The van der Waals surface area contributed by atoms with Crippen LogP contribution in [0.15, 0.2) is 34.8 Å². The zero-order valence-corrected chi connectivity index (χ0v) is 9.43. The molecule has 2 aromatic carbocycles. The standard InChI is InChI=1S/C11H6BrF3O/c12-9-8(11(13,14)15)5-6-3-1-2-4-7(6)10(9)16/h1-5,16H. The number of phenolic OH excluding ortho intramolecular Hbond substituents is 1. The Hall–Kier alpha value is -1.23. The Balaban J connectivity index is 2.84. The number of halogens is 4. The molecule has 0 fully saturated rings. The maximum absolute atomic E-state index is 12.6. The second-order valence-electron chi connectivity index (χ2n) is 3.31. The van der Waals surface area contributed by atoms with Crippen LogP contribution in [0.2, 0.25) is 0 Å². The van der Waals surface area contributed by atoms with Gasteiger partial charge < -0.3 is 5.11 Å². The number of phenols is 1. The first-order valence-corrected chi connectivity index (χ1v) is 5.18. The molecule has 0 aromatic heterocycles. The van der Waals surface area contributed by atoms with Crippen molar-refractivity contribution in [2.75, 3.05) is 0 Å². The molecule has 0 aliphatic carbocycles. The van der Waals surface area contributed by atoms with Crippen molar-refractivity contribution in [1.29, 1.82) is 0 Å². The number of benzene rings is 2. The zero-order chi connectivity index (χ0) is 11.9. The molecule has 0 aliphatic heterocycles. The maximum Gasteiger partial charge on any atom is 0.417 e. The Labute approximate surface area is 97.6 Å². The molecule has 2 aromatic rings. The van der Waals surface area contributed by atoms with Gasteiger partial charge in [0.05, 0.1) is 10.0 Å². The van der Waals surface area contributed by atoms with Crippen LogP contribution in [-0.2, 0) is 6.18 Å². The third-order valence-corrected chi connectivity index (χ3v) is 3.07. The highest BCUT2D eigenvalue weighted by molar-refractivity contribution is 9.10. The van der Waals surface area contributed by atoms with E-state index in [2.05, 4.69) is 15.9 Å². The molecule has 5 heteroatoms. The van der Waals surface area contributed by atoms with Crippen LogP contribution in [0.3, 0.4) is 0 Å². The van der Waals surface area contributed by atoms with Crippen LogP contribution in [-0.4, -0.2) is 5.11 Å². The monoisotopic (exact) mass is 290 g/mol. The molecular weight excluding hydrogens is 285 g/mol. The Morgan fingerprint density at radius 2 is 1.75 bits per heavy atom. The van der Waals surface area contributed by atoms with Gasteiger partial charge in [-0.3, -0.25) is 0 Å². The summed E-state index contributed by atoms with van der Waals surface area (Å²) in [6.45, 7) is 0. The first kappa shape index (κ1) is 11.3. The second-order valence-corrected chi connectivity index (χ2v) is 4.10. The number of rotatable bonds is 0. The van der Waals surface area contributed by atoms with Crippen molar-refractivity contribution in [2.45, 2.75) is 6.18 Å². The summed E-state index contributed by atoms with van der Waals surface area (Å²) < 4.78 is 37.5. The molecule has 84 valence electrons. The number of hydrogen-bond donors (Lipinski definition) is 1. The predicted octanol–water partition coefficient (Wildman–Crippen LogP) is 4.33. The van der Waals surface area contributed by atoms with Gasteiger partial charge in [0, 0.05) is 5.39 Å². The Morgan fingerprint density at radius 1 is 1.12 bits per heavy atom. The molecule has 0 bridgehead atoms. The topological polar surface area (TPSA) is 20.2 Å². The average Bonchev–Trinajstić information content (AvgIpc) is 2.22. The lowest BCUT2D eigenvalue weighted by Gasteiger charge is -2.12. The van der Waals surface area contributed by atoms with E-state index in [0.717, 1.165) is 6.07 Å². The van der Waals surface area contributed by atoms with Gasteiger partial charge in [-0.2, -0.15) is 13.2 Å². The van der Waals surface area contributed by atoms with Gasteiger partial charge in [-0.05, 0) is 27.4 Å². The summed E-state index contributed by atoms with van der Waals surface area (Å²) in [6.07, 6.45) is -4.49. The van der Waals surface area contributed by atoms with Crippen LogP contribution in [0.25, 0.3) is 10.8 Å². The van der Waals surface area contributed by atoms with Gasteiger partial charge in [-0.25, -0.2) is 0 Å². The van der Waals surface area contributed by atoms with Crippen LogP contribution < -0.4 is 0 Å². The molecule has 2 rings (SSSR count). The third kappa shape index (κ3) is 1.75. The van der Waals surface area contributed by atoms with E-state index in [1.807, 2.05) is 0 Å². The molecule has 1 N–H and O–H groups in total. The second kappa shape index (κ2) is 3.66. The van der Waals surface area contributed by atoms with E-state index in [1.54, 1.807) is 18.2 Å². The zero-order valence-electron chi connectivity index (χ0n) is 7.85. The highest BCUT2D eigenvalue weighted by atomic mass is 79.9. The Morgan fingerprint density at radius 3 is 2.38 bits per heavy atom. The van der Waals surface area contributed by atoms with Crippen molar-refractivity contribution in [2.24, 2.45) is 0 Å². The van der Waals surface area contributed by atoms with Crippen LogP contribution in [0.4, 0.5) is 13.2 Å². The Bertz CT molecular complexity index is 549. The van der Waals surface area contributed by atoms with E-state index in [-0.39, 0.29) is 10.2 Å². The summed E-state index contributed by atoms with van der Waals surface area (Å²) in [5, 5.41) is 10.4. The minimum absolute atomic E-state index is 0.321. The molecule has 16 heavy (non-hydrogen) atoms. The van der Waals surface area contributed by atoms with E-state index in [0.29, 0.717) is 10.8 Å². The number of aromatic hydroxyl groups is 1. The van der Waals surface area contributed by atoms with E-state index in [9.17, 15) is 18.3 Å². The van der Waals surface area contributed by atoms with E-state index >= 15 is 0 Å². The summed E-state index contributed by atoms with van der Waals surface area (Å²) in [5.41, 5.74) is -0.872. The smallest absolute Gasteiger partial charge is 0.417 e. The molecule has 0 saturated carbocycles. The summed E-state index contributed by atoms with van der Waals surface area (Å²) >= 11 is 2.77. The SMILES string of the molecule is Oc1c(Br)c(C(F)(F)F)cc2ccccc12. The predicted molar refractivity (Wildman–Crippen MR) is 58.3 cm³/mol. The first-order chi connectivity index (χ1) is 7.41. The fraction of sp³-hybridized carbons (Fsp3) is 0.0909. The lowest BCUT2D eigenvalue weighted by molar-refractivity contribution is -0.138. The molecule has 0 aliphatic rings. The van der Waals surface area contributed by atoms with Crippen LogP contribution in [0.5, 0.6) is 5.75 Å². The fourth-order valence-electron chi connectivity index (χ4n) is 1.51. The lowest BCUT2D eigenvalue weighted by atomic mass is 10.1. The molecule has 0 saturated heterocycles. The van der Waals surface area contributed by atoms with Crippen molar-refractivity contribution in [1.82, 2.24) is 0 Å². The minimum atomic E-state index is -4.49. The van der Waals surface area contributed by atoms with Gasteiger partial charge in [0.15, 0.2) is 0 Å². The third-order valence-electron chi connectivity index (χ3n) is 2.27. The number of hydrogen-bond acceptors (Lipinski definition) is 1. The number of fused-ring (bicyclic) bond motifs is 1. The quantitative estimate of drug-likeness (QED) is 0.766. The maximum atomic E-state index is 12.6. The molecule has 0 spiro atoms. The van der Waals surface area contributed by atoms with Gasteiger partial charge in [0.25, 0.3) is 0 Å².